The second-order valence-corrected chi connectivity index (χ2v) is 6.43. The Balaban J connectivity index is 1.71. The van der Waals surface area contributed by atoms with Crippen LogP contribution in [0.4, 0.5) is 0 Å². The molecule has 23 heavy (non-hydrogen) atoms. The Bertz CT molecular complexity index is 683. The van der Waals surface area contributed by atoms with Gasteiger partial charge in [-0.3, -0.25) is 0 Å². The Kier molecular flexibility index (Phi) is 5.09. The van der Waals surface area contributed by atoms with Gasteiger partial charge in [-0.2, -0.15) is 0 Å². The van der Waals surface area contributed by atoms with Crippen molar-refractivity contribution in [1.82, 2.24) is 5.32 Å². The number of benzene rings is 2. The third kappa shape index (κ3) is 4.40. The molecule has 2 aromatic rings. The first-order chi connectivity index (χ1) is 11.2. The van der Waals surface area contributed by atoms with Crippen LogP contribution in [0.2, 0.25) is 5.02 Å². The molecule has 0 unspecified atom stereocenters. The molecule has 3 rings (SSSR count). The molecule has 3 nitrogen and oxygen atoms in total. The molecule has 122 valence electrons. The van der Waals surface area contributed by atoms with Crippen LogP contribution in [0.1, 0.15) is 29.5 Å². The molecule has 1 fully saturated rings. The Morgan fingerprint density at radius 3 is 2.70 bits per heavy atom. The number of methoxy groups -OCH3 is 1. The zero-order chi connectivity index (χ0) is 16.2. The second-order valence-electron chi connectivity index (χ2n) is 6.03. The molecule has 0 spiro atoms. The van der Waals surface area contributed by atoms with Crippen molar-refractivity contribution in [3.63, 3.8) is 0 Å². The molecule has 0 radical (unpaired) electrons. The number of ether oxygens (including phenoxy) is 2. The molecular formula is C19H22ClNO2. The molecule has 1 N–H and O–H groups in total. The van der Waals surface area contributed by atoms with Gasteiger partial charge in [-0.15, -0.1) is 0 Å². The molecule has 2 aromatic carbocycles. The number of hydrogen-bond donors (Lipinski definition) is 1. The summed E-state index contributed by atoms with van der Waals surface area (Å²) in [5.74, 6) is 1.39. The summed E-state index contributed by atoms with van der Waals surface area (Å²) in [5.41, 5.74) is 3.39. The molecule has 1 aliphatic rings. The molecule has 0 atom stereocenters. The van der Waals surface area contributed by atoms with Gasteiger partial charge in [0, 0.05) is 23.7 Å². The normalized spacial score (nSPS) is 13.9. The van der Waals surface area contributed by atoms with Crippen LogP contribution < -0.4 is 14.8 Å². The topological polar surface area (TPSA) is 30.5 Å². The molecule has 0 aliphatic heterocycles. The van der Waals surface area contributed by atoms with E-state index in [9.17, 15) is 0 Å². The number of hydrogen-bond acceptors (Lipinski definition) is 3. The molecule has 1 saturated carbocycles. The fourth-order valence-corrected chi connectivity index (χ4v) is 2.71. The minimum atomic E-state index is 0.494. The van der Waals surface area contributed by atoms with E-state index in [0.29, 0.717) is 23.4 Å². The Labute approximate surface area is 142 Å². The lowest BCUT2D eigenvalue weighted by Gasteiger charge is -2.14. The average molecular weight is 332 g/mol. The molecule has 0 saturated heterocycles. The van der Waals surface area contributed by atoms with Crippen molar-refractivity contribution in [2.45, 2.75) is 39.0 Å². The number of nitrogens with one attached hydrogen (secondary N) is 1. The van der Waals surface area contributed by atoms with E-state index in [1.807, 2.05) is 18.2 Å². The first kappa shape index (κ1) is 16.2. The second kappa shape index (κ2) is 7.24. The molecule has 4 heteroatoms. The fraction of sp³-hybridized carbons (Fsp3) is 0.368. The molecular weight excluding hydrogens is 310 g/mol. The fourth-order valence-electron chi connectivity index (χ4n) is 2.49. The van der Waals surface area contributed by atoms with E-state index in [4.69, 9.17) is 21.1 Å². The van der Waals surface area contributed by atoms with Crippen molar-refractivity contribution in [2.75, 3.05) is 7.11 Å². The van der Waals surface area contributed by atoms with Crippen molar-refractivity contribution < 1.29 is 9.47 Å². The predicted molar refractivity (Wildman–Crippen MR) is 93.4 cm³/mol. The Hall–Kier alpha value is -1.71. The lowest BCUT2D eigenvalue weighted by atomic mass is 10.1. The van der Waals surface area contributed by atoms with Crippen LogP contribution in [0.5, 0.6) is 11.5 Å². The maximum atomic E-state index is 6.39. The third-order valence-corrected chi connectivity index (χ3v) is 4.32. The zero-order valence-electron chi connectivity index (χ0n) is 13.6. The van der Waals surface area contributed by atoms with Gasteiger partial charge in [0.2, 0.25) is 0 Å². The Morgan fingerprint density at radius 1 is 1.17 bits per heavy atom. The molecule has 0 bridgehead atoms. The van der Waals surface area contributed by atoms with E-state index >= 15 is 0 Å². The Morgan fingerprint density at radius 2 is 2.00 bits per heavy atom. The van der Waals surface area contributed by atoms with Gasteiger partial charge < -0.3 is 14.8 Å². The summed E-state index contributed by atoms with van der Waals surface area (Å²) in [6.45, 7) is 3.33. The average Bonchev–Trinajstić information content (AvgIpc) is 3.36. The number of aryl methyl sites for hydroxylation is 1. The van der Waals surface area contributed by atoms with E-state index in [0.717, 1.165) is 23.4 Å². The van der Waals surface area contributed by atoms with Crippen molar-refractivity contribution in [2.24, 2.45) is 0 Å². The van der Waals surface area contributed by atoms with E-state index < -0.39 is 0 Å². The van der Waals surface area contributed by atoms with Gasteiger partial charge >= 0.3 is 0 Å². The highest BCUT2D eigenvalue weighted by Crippen LogP contribution is 2.34. The first-order valence-corrected chi connectivity index (χ1v) is 8.31. The number of rotatable bonds is 7. The van der Waals surface area contributed by atoms with Crippen LogP contribution in [0.15, 0.2) is 36.4 Å². The number of halogens is 1. The summed E-state index contributed by atoms with van der Waals surface area (Å²) in [4.78, 5) is 0. The van der Waals surface area contributed by atoms with Gasteiger partial charge in [0.05, 0.1) is 7.11 Å². The van der Waals surface area contributed by atoms with E-state index in [1.165, 1.54) is 18.4 Å². The summed E-state index contributed by atoms with van der Waals surface area (Å²) in [5, 5.41) is 4.17. The summed E-state index contributed by atoms with van der Waals surface area (Å²) < 4.78 is 11.4. The highest BCUT2D eigenvalue weighted by molar-refractivity contribution is 6.31. The summed E-state index contributed by atoms with van der Waals surface area (Å²) >= 11 is 6.39. The maximum absolute atomic E-state index is 6.39. The molecule has 1 aliphatic carbocycles. The van der Waals surface area contributed by atoms with Gasteiger partial charge in [0.15, 0.2) is 11.5 Å². The third-order valence-electron chi connectivity index (χ3n) is 3.97. The van der Waals surface area contributed by atoms with E-state index in [1.54, 1.807) is 7.11 Å². The van der Waals surface area contributed by atoms with Crippen LogP contribution in [0.25, 0.3) is 0 Å². The van der Waals surface area contributed by atoms with Crippen LogP contribution in [0, 0.1) is 6.92 Å². The quantitative estimate of drug-likeness (QED) is 0.811. The van der Waals surface area contributed by atoms with Gasteiger partial charge in [-0.1, -0.05) is 41.4 Å². The van der Waals surface area contributed by atoms with Crippen LogP contribution in [-0.2, 0) is 13.2 Å². The molecule has 0 amide bonds. The standard InChI is InChI=1S/C19H22ClNO2/c1-13-4-3-5-14(8-13)12-23-19-10-17(20)15(9-18(19)22-2)11-21-16-6-7-16/h3-5,8-10,16,21H,6-7,11-12H2,1-2H3. The monoisotopic (exact) mass is 331 g/mol. The van der Waals surface area contributed by atoms with Gasteiger partial charge in [-0.05, 0) is 37.0 Å². The van der Waals surface area contributed by atoms with Crippen LogP contribution >= 0.6 is 11.6 Å². The minimum absolute atomic E-state index is 0.494. The van der Waals surface area contributed by atoms with Crippen LogP contribution in [0.3, 0.4) is 0 Å². The highest BCUT2D eigenvalue weighted by Gasteiger charge is 2.21. The predicted octanol–water partition coefficient (Wildman–Crippen LogP) is 4.49. The van der Waals surface area contributed by atoms with Crippen molar-refractivity contribution >= 4 is 11.6 Å². The van der Waals surface area contributed by atoms with Crippen molar-refractivity contribution in [3.8, 4) is 11.5 Å². The van der Waals surface area contributed by atoms with Gasteiger partial charge in [-0.25, -0.2) is 0 Å². The lowest BCUT2D eigenvalue weighted by Crippen LogP contribution is -2.15. The van der Waals surface area contributed by atoms with Crippen molar-refractivity contribution in [1.29, 1.82) is 0 Å². The largest absolute Gasteiger partial charge is 0.493 e. The van der Waals surface area contributed by atoms with Gasteiger partial charge in [0.25, 0.3) is 0 Å². The first-order valence-electron chi connectivity index (χ1n) is 7.94. The SMILES string of the molecule is COc1cc(CNC2CC2)c(Cl)cc1OCc1cccc(C)c1. The van der Waals surface area contributed by atoms with E-state index in [-0.39, 0.29) is 0 Å². The molecule has 0 aromatic heterocycles. The summed E-state index contributed by atoms with van der Waals surface area (Å²) in [6.07, 6.45) is 2.51. The smallest absolute Gasteiger partial charge is 0.163 e. The van der Waals surface area contributed by atoms with Crippen LogP contribution in [-0.4, -0.2) is 13.2 Å². The summed E-state index contributed by atoms with van der Waals surface area (Å²) in [6, 6.07) is 12.7. The van der Waals surface area contributed by atoms with Gasteiger partial charge in [0.1, 0.15) is 6.61 Å². The lowest BCUT2D eigenvalue weighted by molar-refractivity contribution is 0.284. The minimum Gasteiger partial charge on any atom is -0.493 e. The maximum Gasteiger partial charge on any atom is 0.163 e. The zero-order valence-corrected chi connectivity index (χ0v) is 14.3. The summed E-state index contributed by atoms with van der Waals surface area (Å²) in [7, 11) is 1.65. The highest BCUT2D eigenvalue weighted by atomic mass is 35.5. The molecule has 0 heterocycles. The van der Waals surface area contributed by atoms with E-state index in [2.05, 4.69) is 30.4 Å². The van der Waals surface area contributed by atoms with Crippen molar-refractivity contribution in [3.05, 3.63) is 58.1 Å².